The molecular formula is C14H10Cl8O3. The zero-order chi connectivity index (χ0) is 19.1. The maximum Gasteiger partial charge on any atom is 0.303 e. The number of carboxylic acid groups (broad SMARTS) is 1. The first-order chi connectivity index (χ1) is 11.3. The van der Waals surface area contributed by atoms with Crippen LogP contribution in [0.4, 0.5) is 0 Å². The molecular weight excluding hydrogens is 500 g/mol. The van der Waals surface area contributed by atoms with Gasteiger partial charge in [-0.3, -0.25) is 9.59 Å². The van der Waals surface area contributed by atoms with E-state index in [1.165, 1.54) is 0 Å². The molecule has 6 atom stereocenters. The summed E-state index contributed by atoms with van der Waals surface area (Å²) in [5.41, 5.74) is 0. The largest absolute Gasteiger partial charge is 0.481 e. The van der Waals surface area contributed by atoms with E-state index in [0.717, 1.165) is 0 Å². The number of rotatable bonds is 4. The quantitative estimate of drug-likeness (QED) is 0.520. The molecule has 3 nitrogen and oxygen atoms in total. The minimum Gasteiger partial charge on any atom is -0.481 e. The van der Waals surface area contributed by atoms with Crippen LogP contribution in [0.15, 0.2) is 10.1 Å². The fourth-order valence-corrected chi connectivity index (χ4v) is 8.85. The first-order valence-electron chi connectivity index (χ1n) is 7.19. The van der Waals surface area contributed by atoms with E-state index in [-0.39, 0.29) is 22.9 Å². The minimum absolute atomic E-state index is 0.00904. The minimum atomic E-state index is -1.78. The lowest BCUT2D eigenvalue weighted by Crippen LogP contribution is -2.49. The Bertz CT molecular complexity index is 654. The van der Waals surface area contributed by atoms with Crippen molar-refractivity contribution in [3.05, 3.63) is 10.1 Å². The summed E-state index contributed by atoms with van der Waals surface area (Å²) in [4.78, 5) is 20.0. The van der Waals surface area contributed by atoms with Crippen molar-refractivity contribution in [2.45, 2.75) is 37.7 Å². The number of carbonyl (C=O) groups is 2. The molecule has 3 aliphatic rings. The molecule has 2 fully saturated rings. The molecule has 0 heterocycles. The van der Waals surface area contributed by atoms with Gasteiger partial charge < -0.3 is 5.11 Å². The van der Waals surface area contributed by atoms with Crippen LogP contribution in [0.2, 0.25) is 0 Å². The third-order valence-electron chi connectivity index (χ3n) is 5.38. The highest BCUT2D eigenvalue weighted by atomic mass is 35.5. The Hall–Kier alpha value is 1.20. The van der Waals surface area contributed by atoms with Gasteiger partial charge in [-0.1, -0.05) is 46.4 Å². The van der Waals surface area contributed by atoms with Gasteiger partial charge in [-0.2, -0.15) is 0 Å². The van der Waals surface area contributed by atoms with Crippen molar-refractivity contribution in [1.29, 1.82) is 0 Å². The van der Waals surface area contributed by atoms with Crippen molar-refractivity contribution < 1.29 is 14.7 Å². The fraction of sp³-hybridized carbons (Fsp3) is 0.714. The van der Waals surface area contributed by atoms with E-state index in [1.54, 1.807) is 0 Å². The van der Waals surface area contributed by atoms with E-state index in [1.807, 2.05) is 0 Å². The van der Waals surface area contributed by atoms with Gasteiger partial charge in [0.25, 0.3) is 0 Å². The van der Waals surface area contributed by atoms with Crippen LogP contribution >= 0.6 is 92.8 Å². The molecule has 3 aliphatic carbocycles. The Kier molecular flexibility index (Phi) is 5.32. The van der Waals surface area contributed by atoms with E-state index < -0.39 is 54.3 Å². The van der Waals surface area contributed by atoms with Crippen LogP contribution in [0.25, 0.3) is 0 Å². The highest BCUT2D eigenvalue weighted by Gasteiger charge is 2.86. The van der Waals surface area contributed by atoms with Crippen molar-refractivity contribution in [3.8, 4) is 0 Å². The number of ketones is 1. The number of Topliss-reactive ketones (excluding diaryl/α,β-unsaturated/α-hetero) is 1. The van der Waals surface area contributed by atoms with E-state index >= 15 is 0 Å². The lowest BCUT2D eigenvalue weighted by atomic mass is 9.84. The van der Waals surface area contributed by atoms with Gasteiger partial charge in [-0.15, -0.1) is 46.4 Å². The van der Waals surface area contributed by atoms with Gasteiger partial charge in [-0.05, 0) is 0 Å². The third kappa shape index (κ3) is 2.34. The monoisotopic (exact) mass is 506 g/mol. The van der Waals surface area contributed by atoms with Crippen molar-refractivity contribution in [3.63, 3.8) is 0 Å². The summed E-state index contributed by atoms with van der Waals surface area (Å²) in [5.74, 6) is -3.77. The second kappa shape index (κ2) is 6.35. The number of allylic oxidation sites excluding steroid dienone is 2. The summed E-state index contributed by atoms with van der Waals surface area (Å²) in [6.45, 7) is 0. The lowest BCUT2D eigenvalue weighted by Gasteiger charge is -2.36. The van der Waals surface area contributed by atoms with Crippen LogP contribution in [0.5, 0.6) is 0 Å². The summed E-state index contributed by atoms with van der Waals surface area (Å²) >= 11 is 52.0. The average Bonchev–Trinajstić information content (AvgIpc) is 2.90. The molecule has 0 spiro atoms. The first kappa shape index (κ1) is 20.9. The Morgan fingerprint density at radius 2 is 1.28 bits per heavy atom. The zero-order valence-corrected chi connectivity index (χ0v) is 18.1. The number of fused-ring (bicyclic) bond motifs is 5. The fourth-order valence-electron chi connectivity index (χ4n) is 4.28. The topological polar surface area (TPSA) is 54.4 Å². The highest BCUT2D eigenvalue weighted by Crippen LogP contribution is 2.80. The lowest BCUT2D eigenvalue weighted by molar-refractivity contribution is -0.139. The molecule has 140 valence electrons. The molecule has 0 aliphatic heterocycles. The van der Waals surface area contributed by atoms with E-state index in [4.69, 9.17) is 97.9 Å². The molecule has 6 unspecified atom stereocenters. The molecule has 0 saturated heterocycles. The van der Waals surface area contributed by atoms with Crippen molar-refractivity contribution in [1.82, 2.24) is 0 Å². The Morgan fingerprint density at radius 1 is 0.880 bits per heavy atom. The number of hydrogen-bond acceptors (Lipinski definition) is 2. The summed E-state index contributed by atoms with van der Waals surface area (Å²) in [7, 11) is 0. The maximum absolute atomic E-state index is 12.5. The number of aliphatic carboxylic acids is 1. The molecule has 3 rings (SSSR count). The summed E-state index contributed by atoms with van der Waals surface area (Å²) in [6.07, 6.45) is -0.539. The molecule has 2 bridgehead atoms. The zero-order valence-electron chi connectivity index (χ0n) is 12.1. The van der Waals surface area contributed by atoms with Crippen molar-refractivity contribution in [2.24, 2.45) is 17.8 Å². The van der Waals surface area contributed by atoms with Gasteiger partial charge in [0.1, 0.15) is 15.5 Å². The second-order valence-electron chi connectivity index (χ2n) is 6.45. The first-order valence-corrected chi connectivity index (χ1v) is 10.3. The summed E-state index contributed by atoms with van der Waals surface area (Å²) < 4.78 is -1.78. The normalized spacial score (nSPS) is 47.3. The summed E-state index contributed by atoms with van der Waals surface area (Å²) in [5, 5.41) is 7.01. The number of carboxylic acids is 1. The summed E-state index contributed by atoms with van der Waals surface area (Å²) in [6, 6.07) is 0. The molecule has 25 heavy (non-hydrogen) atoms. The number of alkyl halides is 6. The molecule has 2 saturated carbocycles. The molecule has 0 amide bonds. The van der Waals surface area contributed by atoms with Gasteiger partial charge in [0.05, 0.1) is 33.2 Å². The average molecular weight is 510 g/mol. The predicted molar refractivity (Wildman–Crippen MR) is 102 cm³/mol. The Balaban J connectivity index is 2.03. The van der Waals surface area contributed by atoms with Crippen molar-refractivity contribution in [2.75, 3.05) is 0 Å². The number of carbonyl (C=O) groups excluding carboxylic acids is 1. The van der Waals surface area contributed by atoms with Crippen LogP contribution in [-0.2, 0) is 9.59 Å². The van der Waals surface area contributed by atoms with Gasteiger partial charge >= 0.3 is 5.97 Å². The van der Waals surface area contributed by atoms with Crippen LogP contribution in [0, 0.1) is 17.8 Å². The molecule has 0 aromatic rings. The van der Waals surface area contributed by atoms with Crippen LogP contribution < -0.4 is 0 Å². The SMILES string of the molecule is O=C(O)CCC(=O)C1C(Cl)C2C(C1Cl)C1(Cl)C(Cl)=C(Cl)C2(Cl)C1(Cl)Cl. The van der Waals surface area contributed by atoms with Gasteiger partial charge in [-0.25, -0.2) is 0 Å². The standard InChI is InChI=1S/C14H10Cl8O3/c15-8-5(3(23)1-2-4(24)25)9(16)7-6(8)12(19)10(17)11(18)13(7,20)14(12,21)22/h5-9H,1-2H2,(H,24,25). The van der Waals surface area contributed by atoms with Crippen LogP contribution in [0.3, 0.4) is 0 Å². The maximum atomic E-state index is 12.5. The molecule has 1 N–H and O–H groups in total. The predicted octanol–water partition coefficient (Wildman–Crippen LogP) is 5.34. The molecule has 0 aromatic carbocycles. The Morgan fingerprint density at radius 3 is 1.64 bits per heavy atom. The molecule has 11 heteroatoms. The highest BCUT2D eigenvalue weighted by molar-refractivity contribution is 6.66. The Labute approximate surface area is 183 Å². The van der Waals surface area contributed by atoms with Gasteiger partial charge in [0.15, 0.2) is 4.33 Å². The smallest absolute Gasteiger partial charge is 0.303 e. The molecule has 0 aromatic heterocycles. The van der Waals surface area contributed by atoms with E-state index in [9.17, 15) is 9.59 Å². The van der Waals surface area contributed by atoms with E-state index in [0.29, 0.717) is 0 Å². The molecule has 0 radical (unpaired) electrons. The number of hydrogen-bond donors (Lipinski definition) is 1. The van der Waals surface area contributed by atoms with E-state index in [2.05, 4.69) is 0 Å². The van der Waals surface area contributed by atoms with Crippen LogP contribution in [-0.4, -0.2) is 41.7 Å². The van der Waals surface area contributed by atoms with Crippen LogP contribution in [0.1, 0.15) is 12.8 Å². The van der Waals surface area contributed by atoms with Crippen molar-refractivity contribution >= 4 is 105 Å². The number of halogens is 8. The third-order valence-corrected chi connectivity index (χ3v) is 10.8. The van der Waals surface area contributed by atoms with Gasteiger partial charge in [0, 0.05) is 18.3 Å². The van der Waals surface area contributed by atoms with Gasteiger partial charge in [0.2, 0.25) is 0 Å². The second-order valence-corrected chi connectivity index (χ2v) is 10.7.